The standard InChI is InChI=1S/C4H6S/c1-2-4-3-5-4/h1,4H,2-3H2. The molecule has 1 heterocycles. The number of hydrogen-bond acceptors (Lipinski definition) is 1. The molecule has 1 saturated heterocycles. The van der Waals surface area contributed by atoms with Crippen LogP contribution in [0.25, 0.3) is 0 Å². The third-order valence-electron chi connectivity index (χ3n) is 0.665. The Kier molecular flexibility index (Phi) is 0.856. The van der Waals surface area contributed by atoms with Crippen LogP contribution in [-0.2, 0) is 0 Å². The van der Waals surface area contributed by atoms with E-state index in [2.05, 4.69) is 0 Å². The van der Waals surface area contributed by atoms with Crippen molar-refractivity contribution in [1.82, 2.24) is 0 Å². The van der Waals surface area contributed by atoms with Crippen LogP contribution in [0.15, 0.2) is 0 Å². The van der Waals surface area contributed by atoms with Crippen molar-refractivity contribution in [2.45, 2.75) is 11.7 Å². The summed E-state index contributed by atoms with van der Waals surface area (Å²) in [4.78, 5) is 0. The average Bonchev–Trinajstić information content (AvgIpc) is 2.12. The second kappa shape index (κ2) is 1.21. The maximum Gasteiger partial charge on any atom is 0.0141 e. The summed E-state index contributed by atoms with van der Waals surface area (Å²) in [6.07, 6.45) is 0.880. The first-order valence-corrected chi connectivity index (χ1v) is 2.80. The van der Waals surface area contributed by atoms with E-state index < -0.39 is 0 Å². The van der Waals surface area contributed by atoms with Gasteiger partial charge < -0.3 is 0 Å². The fourth-order valence-electron chi connectivity index (χ4n) is 0.204. The van der Waals surface area contributed by atoms with E-state index >= 15 is 0 Å². The molecular formula is C4H6S. The van der Waals surface area contributed by atoms with E-state index in [4.69, 9.17) is 6.92 Å². The summed E-state index contributed by atoms with van der Waals surface area (Å²) in [5.41, 5.74) is 0. The molecule has 0 aromatic carbocycles. The van der Waals surface area contributed by atoms with E-state index in [1.807, 2.05) is 11.8 Å². The lowest BCUT2D eigenvalue weighted by Gasteiger charge is -1.70. The Hall–Kier alpha value is 0.350. The summed E-state index contributed by atoms with van der Waals surface area (Å²) in [5.74, 6) is 1.30. The zero-order valence-corrected chi connectivity index (χ0v) is 3.79. The van der Waals surface area contributed by atoms with Crippen LogP contribution < -0.4 is 0 Å². The molecule has 1 aliphatic rings. The van der Waals surface area contributed by atoms with Crippen LogP contribution in [0.4, 0.5) is 0 Å². The predicted molar refractivity (Wildman–Crippen MR) is 25.2 cm³/mol. The van der Waals surface area contributed by atoms with E-state index in [0.717, 1.165) is 11.7 Å². The summed E-state index contributed by atoms with van der Waals surface area (Å²) >= 11 is 1.94. The summed E-state index contributed by atoms with van der Waals surface area (Å²) < 4.78 is 0. The van der Waals surface area contributed by atoms with Gasteiger partial charge in [0.1, 0.15) is 0 Å². The monoisotopic (exact) mass is 86.0 g/mol. The molecule has 1 rings (SSSR count). The first-order chi connectivity index (χ1) is 2.43. The summed E-state index contributed by atoms with van der Waals surface area (Å²) in [5, 5.41) is 0.829. The Morgan fingerprint density at radius 3 is 2.60 bits per heavy atom. The van der Waals surface area contributed by atoms with Gasteiger partial charge in [-0.05, 0) is 13.3 Å². The third kappa shape index (κ3) is 0.839. The van der Waals surface area contributed by atoms with Crippen LogP contribution >= 0.6 is 11.8 Å². The van der Waals surface area contributed by atoms with E-state index in [-0.39, 0.29) is 0 Å². The second-order valence-electron chi connectivity index (χ2n) is 1.19. The van der Waals surface area contributed by atoms with Gasteiger partial charge in [-0.3, -0.25) is 0 Å². The molecule has 0 aliphatic carbocycles. The third-order valence-corrected chi connectivity index (χ3v) is 1.66. The van der Waals surface area contributed by atoms with Crippen LogP contribution in [0.1, 0.15) is 6.42 Å². The average molecular weight is 86.2 g/mol. The van der Waals surface area contributed by atoms with Crippen LogP contribution in [0, 0.1) is 6.92 Å². The molecule has 28 valence electrons. The highest BCUT2D eigenvalue weighted by Gasteiger charge is 2.18. The fourth-order valence-corrected chi connectivity index (χ4v) is 0.612. The van der Waals surface area contributed by atoms with Crippen molar-refractivity contribution in [2.24, 2.45) is 0 Å². The van der Waals surface area contributed by atoms with Gasteiger partial charge in [-0.2, -0.15) is 11.8 Å². The summed E-state index contributed by atoms with van der Waals surface area (Å²) in [6.45, 7) is 5.21. The van der Waals surface area contributed by atoms with Crippen molar-refractivity contribution < 1.29 is 0 Å². The quantitative estimate of drug-likeness (QED) is 0.432. The largest absolute Gasteiger partial charge is 0.157 e. The van der Waals surface area contributed by atoms with Crippen molar-refractivity contribution >= 4 is 11.8 Å². The van der Waals surface area contributed by atoms with Gasteiger partial charge in [0.2, 0.25) is 0 Å². The molecule has 1 atom stereocenters. The maximum absolute atomic E-state index is 5.21. The Balaban J connectivity index is 2.00. The zero-order valence-electron chi connectivity index (χ0n) is 2.98. The molecule has 0 aromatic rings. The molecule has 0 spiro atoms. The summed E-state index contributed by atoms with van der Waals surface area (Å²) in [6, 6.07) is 0. The molecule has 1 fully saturated rings. The van der Waals surface area contributed by atoms with Gasteiger partial charge in [-0.25, -0.2) is 0 Å². The minimum atomic E-state index is 0.829. The lowest BCUT2D eigenvalue weighted by Crippen LogP contribution is -1.71. The van der Waals surface area contributed by atoms with E-state index in [0.29, 0.717) is 0 Å². The minimum absolute atomic E-state index is 0.829. The molecule has 2 radical (unpaired) electrons. The van der Waals surface area contributed by atoms with Crippen LogP contribution in [-0.4, -0.2) is 11.0 Å². The van der Waals surface area contributed by atoms with Crippen molar-refractivity contribution in [1.29, 1.82) is 0 Å². The predicted octanol–water partition coefficient (Wildman–Crippen LogP) is 1.20. The van der Waals surface area contributed by atoms with Crippen molar-refractivity contribution in [3.8, 4) is 0 Å². The summed E-state index contributed by atoms with van der Waals surface area (Å²) in [7, 11) is 0. The van der Waals surface area contributed by atoms with E-state index in [1.54, 1.807) is 0 Å². The molecule has 5 heavy (non-hydrogen) atoms. The highest BCUT2D eigenvalue weighted by atomic mass is 32.2. The molecule has 0 saturated carbocycles. The second-order valence-corrected chi connectivity index (χ2v) is 2.52. The molecule has 0 bridgehead atoms. The van der Waals surface area contributed by atoms with E-state index in [9.17, 15) is 0 Å². The van der Waals surface area contributed by atoms with Crippen LogP contribution in [0.5, 0.6) is 0 Å². The smallest absolute Gasteiger partial charge is 0.0141 e. The number of rotatable bonds is 1. The zero-order chi connectivity index (χ0) is 3.70. The maximum atomic E-state index is 5.21. The topological polar surface area (TPSA) is 0 Å². The Bertz CT molecular complexity index is 30.6. The first-order valence-electron chi connectivity index (χ1n) is 1.75. The van der Waals surface area contributed by atoms with Gasteiger partial charge in [0.25, 0.3) is 0 Å². The molecule has 1 heteroatoms. The first kappa shape index (κ1) is 3.54. The number of thioether (sulfide) groups is 1. The Morgan fingerprint density at radius 1 is 2.00 bits per heavy atom. The van der Waals surface area contributed by atoms with Crippen LogP contribution in [0.2, 0.25) is 0 Å². The lowest BCUT2D eigenvalue weighted by molar-refractivity contribution is 1.07. The van der Waals surface area contributed by atoms with Crippen LogP contribution in [0.3, 0.4) is 0 Å². The van der Waals surface area contributed by atoms with Gasteiger partial charge in [-0.15, -0.1) is 0 Å². The molecule has 1 unspecified atom stereocenters. The molecular weight excluding hydrogens is 80.1 g/mol. The van der Waals surface area contributed by atoms with Gasteiger partial charge in [-0.1, -0.05) is 0 Å². The van der Waals surface area contributed by atoms with Crippen molar-refractivity contribution in [2.75, 3.05) is 5.75 Å². The Morgan fingerprint density at radius 2 is 2.60 bits per heavy atom. The van der Waals surface area contributed by atoms with Gasteiger partial charge in [0.05, 0.1) is 0 Å². The minimum Gasteiger partial charge on any atom is -0.157 e. The molecule has 0 N–H and O–H groups in total. The highest BCUT2D eigenvalue weighted by molar-refractivity contribution is 8.06. The van der Waals surface area contributed by atoms with Gasteiger partial charge >= 0.3 is 0 Å². The van der Waals surface area contributed by atoms with Gasteiger partial charge in [0.15, 0.2) is 0 Å². The SMILES string of the molecule is [CH]CC1CS1. The lowest BCUT2D eigenvalue weighted by atomic mass is 10.4. The fraction of sp³-hybridized carbons (Fsp3) is 0.750. The normalized spacial score (nSPS) is 34.2. The van der Waals surface area contributed by atoms with E-state index in [1.165, 1.54) is 5.75 Å². The molecule has 1 aliphatic heterocycles. The molecule has 0 nitrogen and oxygen atoms in total. The van der Waals surface area contributed by atoms with Crippen molar-refractivity contribution in [3.63, 3.8) is 0 Å². The highest BCUT2D eigenvalue weighted by Crippen LogP contribution is 2.31. The molecule has 0 aromatic heterocycles. The molecule has 0 amide bonds. The van der Waals surface area contributed by atoms with Crippen molar-refractivity contribution in [3.05, 3.63) is 6.92 Å². The number of hydrogen-bond donors (Lipinski definition) is 0. The Labute approximate surface area is 37.0 Å². The van der Waals surface area contributed by atoms with Gasteiger partial charge in [0, 0.05) is 11.0 Å².